The molecule has 0 fully saturated rings. The van der Waals surface area contributed by atoms with E-state index in [1.165, 1.54) is 11.8 Å². The molecule has 2 N–H and O–H groups in total. The van der Waals surface area contributed by atoms with Crippen molar-refractivity contribution >= 4 is 27.8 Å². The van der Waals surface area contributed by atoms with Crippen LogP contribution in [0.2, 0.25) is 0 Å². The first-order chi connectivity index (χ1) is 8.38. The largest absolute Gasteiger partial charge is 0.478 e. The number of carboxylic acids is 1. The van der Waals surface area contributed by atoms with E-state index in [-0.39, 0.29) is 12.1 Å². The van der Waals surface area contributed by atoms with Crippen molar-refractivity contribution in [1.82, 2.24) is 4.72 Å². The van der Waals surface area contributed by atoms with Crippen molar-refractivity contribution in [2.24, 2.45) is 0 Å². The monoisotopic (exact) mass is 293 g/mol. The van der Waals surface area contributed by atoms with Crippen LogP contribution in [0, 0.1) is 5.82 Å². The third-order valence-electron chi connectivity index (χ3n) is 2.07. The summed E-state index contributed by atoms with van der Waals surface area (Å²) < 4.78 is 39.2. The first-order valence-electron chi connectivity index (χ1n) is 4.90. The number of sulfonamides is 1. The van der Waals surface area contributed by atoms with Gasteiger partial charge in [-0.2, -0.15) is 11.8 Å². The molecule has 0 unspecified atom stereocenters. The van der Waals surface area contributed by atoms with Gasteiger partial charge in [0.1, 0.15) is 10.7 Å². The van der Waals surface area contributed by atoms with E-state index in [9.17, 15) is 17.6 Å². The molecule has 0 aliphatic carbocycles. The molecule has 0 aromatic heterocycles. The smallest absolute Gasteiger partial charge is 0.335 e. The van der Waals surface area contributed by atoms with Gasteiger partial charge in [-0.05, 0) is 24.5 Å². The van der Waals surface area contributed by atoms with E-state index in [0.29, 0.717) is 11.8 Å². The highest BCUT2D eigenvalue weighted by molar-refractivity contribution is 7.98. The van der Waals surface area contributed by atoms with E-state index in [1.54, 1.807) is 0 Å². The van der Waals surface area contributed by atoms with Crippen LogP contribution in [0.3, 0.4) is 0 Å². The number of hydrogen-bond donors (Lipinski definition) is 2. The Morgan fingerprint density at radius 1 is 1.50 bits per heavy atom. The summed E-state index contributed by atoms with van der Waals surface area (Å²) in [6.07, 6.45) is 1.82. The zero-order chi connectivity index (χ0) is 13.8. The maximum absolute atomic E-state index is 13.5. The molecule has 0 bridgehead atoms. The Morgan fingerprint density at radius 2 is 2.17 bits per heavy atom. The van der Waals surface area contributed by atoms with E-state index in [1.807, 2.05) is 6.26 Å². The molecule has 0 saturated carbocycles. The summed E-state index contributed by atoms with van der Waals surface area (Å²) in [5.41, 5.74) is -0.296. The van der Waals surface area contributed by atoms with Gasteiger partial charge in [0.05, 0.1) is 5.56 Å². The Labute approximate surface area is 108 Å². The lowest BCUT2D eigenvalue weighted by Crippen LogP contribution is -2.26. The minimum atomic E-state index is -3.94. The summed E-state index contributed by atoms with van der Waals surface area (Å²) >= 11 is 1.45. The van der Waals surface area contributed by atoms with Gasteiger partial charge < -0.3 is 5.11 Å². The van der Waals surface area contributed by atoms with Gasteiger partial charge in [0.25, 0.3) is 0 Å². The van der Waals surface area contributed by atoms with Crippen molar-refractivity contribution in [2.45, 2.75) is 4.90 Å². The van der Waals surface area contributed by atoms with Crippen molar-refractivity contribution < 1.29 is 22.7 Å². The number of thioether (sulfide) groups is 1. The molecule has 0 atom stereocenters. The summed E-state index contributed by atoms with van der Waals surface area (Å²) in [6, 6.07) is 2.68. The van der Waals surface area contributed by atoms with Gasteiger partial charge in [0, 0.05) is 12.3 Å². The fourth-order valence-electron chi connectivity index (χ4n) is 1.21. The molecule has 0 saturated heterocycles. The molecule has 1 rings (SSSR count). The predicted octanol–water partition coefficient (Wildman–Crippen LogP) is 1.17. The molecular weight excluding hydrogens is 281 g/mol. The van der Waals surface area contributed by atoms with E-state index in [0.717, 1.165) is 12.1 Å². The molecule has 5 nitrogen and oxygen atoms in total. The predicted molar refractivity (Wildman–Crippen MR) is 66.9 cm³/mol. The zero-order valence-electron chi connectivity index (χ0n) is 9.51. The molecule has 18 heavy (non-hydrogen) atoms. The van der Waals surface area contributed by atoms with Gasteiger partial charge in [-0.25, -0.2) is 22.3 Å². The Hall–Kier alpha value is -1.12. The molecule has 0 spiro atoms. The molecule has 0 aliphatic heterocycles. The highest BCUT2D eigenvalue weighted by Crippen LogP contribution is 2.16. The van der Waals surface area contributed by atoms with Crippen LogP contribution < -0.4 is 4.72 Å². The first kappa shape index (κ1) is 14.9. The van der Waals surface area contributed by atoms with E-state index in [4.69, 9.17) is 5.11 Å². The highest BCUT2D eigenvalue weighted by atomic mass is 32.2. The van der Waals surface area contributed by atoms with Crippen LogP contribution in [0.4, 0.5) is 4.39 Å². The topological polar surface area (TPSA) is 83.5 Å². The van der Waals surface area contributed by atoms with Crippen molar-refractivity contribution in [3.8, 4) is 0 Å². The lowest BCUT2D eigenvalue weighted by Gasteiger charge is -2.07. The van der Waals surface area contributed by atoms with Gasteiger partial charge >= 0.3 is 5.97 Å². The number of hydrogen-bond acceptors (Lipinski definition) is 4. The van der Waals surface area contributed by atoms with E-state index < -0.39 is 26.7 Å². The molecule has 100 valence electrons. The van der Waals surface area contributed by atoms with Crippen LogP contribution in [0.25, 0.3) is 0 Å². The number of carboxylic acid groups (broad SMARTS) is 1. The molecule has 1 aromatic rings. The zero-order valence-corrected chi connectivity index (χ0v) is 11.1. The molecule has 0 amide bonds. The normalized spacial score (nSPS) is 11.4. The molecular formula is C10H12FNO4S2. The Balaban J connectivity index is 2.99. The third kappa shape index (κ3) is 3.69. The summed E-state index contributed by atoms with van der Waals surface area (Å²) in [6.45, 7) is 0.184. The van der Waals surface area contributed by atoms with Crippen molar-refractivity contribution in [1.29, 1.82) is 0 Å². The average Bonchev–Trinajstić information content (AvgIpc) is 2.28. The molecule has 0 heterocycles. The number of nitrogens with one attached hydrogen (secondary N) is 1. The summed E-state index contributed by atoms with van der Waals surface area (Å²) in [7, 11) is -3.94. The van der Waals surface area contributed by atoms with Gasteiger partial charge in [-0.3, -0.25) is 0 Å². The second kappa shape index (κ2) is 6.17. The number of benzene rings is 1. The van der Waals surface area contributed by atoms with Crippen molar-refractivity contribution in [2.75, 3.05) is 18.6 Å². The Bertz CT molecular complexity index is 545. The molecule has 0 radical (unpaired) electrons. The average molecular weight is 293 g/mol. The van der Waals surface area contributed by atoms with Crippen molar-refractivity contribution in [3.05, 3.63) is 29.6 Å². The van der Waals surface area contributed by atoms with Crippen LogP contribution >= 0.6 is 11.8 Å². The van der Waals surface area contributed by atoms with Crippen LogP contribution in [0.1, 0.15) is 10.4 Å². The van der Waals surface area contributed by atoms with E-state index >= 15 is 0 Å². The standard InChI is InChI=1S/C10H12FNO4S2/c1-17-5-4-12-18(15,16)9-3-2-7(10(13)14)6-8(9)11/h2-3,6,12H,4-5H2,1H3,(H,13,14). The maximum atomic E-state index is 13.5. The minimum absolute atomic E-state index is 0.184. The number of carbonyl (C=O) groups is 1. The quantitative estimate of drug-likeness (QED) is 0.769. The SMILES string of the molecule is CSCCNS(=O)(=O)c1ccc(C(=O)O)cc1F. The third-order valence-corrected chi connectivity index (χ3v) is 4.17. The van der Waals surface area contributed by atoms with Gasteiger partial charge in [0.15, 0.2) is 0 Å². The number of aromatic carboxylic acids is 1. The minimum Gasteiger partial charge on any atom is -0.478 e. The van der Waals surface area contributed by atoms with Crippen LogP contribution in [-0.4, -0.2) is 38.0 Å². The van der Waals surface area contributed by atoms with Crippen molar-refractivity contribution in [3.63, 3.8) is 0 Å². The molecule has 1 aromatic carbocycles. The summed E-state index contributed by atoms with van der Waals surface area (Å²) in [5, 5.41) is 8.64. The fraction of sp³-hybridized carbons (Fsp3) is 0.300. The fourth-order valence-corrected chi connectivity index (χ4v) is 2.73. The lowest BCUT2D eigenvalue weighted by atomic mass is 10.2. The van der Waals surface area contributed by atoms with Gasteiger partial charge in [-0.15, -0.1) is 0 Å². The first-order valence-corrected chi connectivity index (χ1v) is 7.77. The number of rotatable bonds is 6. The highest BCUT2D eigenvalue weighted by Gasteiger charge is 2.19. The van der Waals surface area contributed by atoms with Crippen LogP contribution in [0.15, 0.2) is 23.1 Å². The summed E-state index contributed by atoms with van der Waals surface area (Å²) in [5.74, 6) is -1.83. The van der Waals surface area contributed by atoms with Gasteiger partial charge in [-0.1, -0.05) is 0 Å². The van der Waals surface area contributed by atoms with Crippen LogP contribution in [0.5, 0.6) is 0 Å². The lowest BCUT2D eigenvalue weighted by molar-refractivity contribution is 0.0696. The number of halogens is 1. The Morgan fingerprint density at radius 3 is 2.67 bits per heavy atom. The second-order valence-corrected chi connectivity index (χ2v) is 6.06. The van der Waals surface area contributed by atoms with Crippen LogP contribution in [-0.2, 0) is 10.0 Å². The van der Waals surface area contributed by atoms with Gasteiger partial charge in [0.2, 0.25) is 10.0 Å². The maximum Gasteiger partial charge on any atom is 0.335 e. The molecule has 8 heteroatoms. The molecule has 0 aliphatic rings. The summed E-state index contributed by atoms with van der Waals surface area (Å²) in [4.78, 5) is 10.0. The Kier molecular flexibility index (Phi) is 5.12. The second-order valence-electron chi connectivity index (χ2n) is 3.34. The van der Waals surface area contributed by atoms with E-state index in [2.05, 4.69) is 4.72 Å².